The van der Waals surface area contributed by atoms with Gasteiger partial charge in [0.1, 0.15) is 0 Å². The van der Waals surface area contributed by atoms with E-state index >= 15 is 0 Å². The quantitative estimate of drug-likeness (QED) is 0.867. The highest BCUT2D eigenvalue weighted by Crippen LogP contribution is 2.21. The highest BCUT2D eigenvalue weighted by Gasteiger charge is 2.20. The maximum Gasteiger partial charge on any atom is 0.335 e. The van der Waals surface area contributed by atoms with Gasteiger partial charge in [-0.25, -0.2) is 13.2 Å². The fourth-order valence-corrected chi connectivity index (χ4v) is 3.11. The van der Waals surface area contributed by atoms with Crippen LogP contribution in [0, 0.1) is 0 Å². The van der Waals surface area contributed by atoms with Gasteiger partial charge >= 0.3 is 5.97 Å². The fraction of sp³-hybridized carbons (Fsp3) is 0.154. The molecule has 0 aliphatic heterocycles. The first-order valence-corrected chi connectivity index (χ1v) is 7.59. The summed E-state index contributed by atoms with van der Waals surface area (Å²) < 4.78 is 27.0. The van der Waals surface area contributed by atoms with E-state index in [0.29, 0.717) is 12.0 Å². The van der Waals surface area contributed by atoms with Gasteiger partial charge in [-0.05, 0) is 36.2 Å². The van der Waals surface area contributed by atoms with Gasteiger partial charge < -0.3 is 5.11 Å². The predicted molar refractivity (Wildman–Crippen MR) is 75.6 cm³/mol. The number of hydrogen-bond acceptors (Lipinski definition) is 5. The Hall–Kier alpha value is -2.48. The van der Waals surface area contributed by atoms with Gasteiger partial charge in [-0.1, -0.05) is 13.0 Å². The van der Waals surface area contributed by atoms with Gasteiger partial charge in [0.15, 0.2) is 5.82 Å². The van der Waals surface area contributed by atoms with Gasteiger partial charge in [0, 0.05) is 6.20 Å². The fourth-order valence-electron chi connectivity index (χ4n) is 1.78. The molecule has 2 aromatic rings. The average Bonchev–Trinajstić information content (AvgIpc) is 2.47. The second kappa shape index (κ2) is 5.88. The molecule has 0 amide bonds. The summed E-state index contributed by atoms with van der Waals surface area (Å²) in [7, 11) is -3.93. The minimum atomic E-state index is -3.93. The van der Waals surface area contributed by atoms with Crippen molar-refractivity contribution in [2.75, 3.05) is 4.72 Å². The third-order valence-electron chi connectivity index (χ3n) is 2.80. The second-order valence-electron chi connectivity index (χ2n) is 4.20. The van der Waals surface area contributed by atoms with Crippen molar-refractivity contribution in [1.29, 1.82) is 0 Å². The van der Waals surface area contributed by atoms with Crippen molar-refractivity contribution in [3.63, 3.8) is 0 Å². The lowest BCUT2D eigenvalue weighted by molar-refractivity contribution is 0.0696. The summed E-state index contributed by atoms with van der Waals surface area (Å²) >= 11 is 0. The van der Waals surface area contributed by atoms with E-state index in [1.54, 1.807) is 13.0 Å². The zero-order chi connectivity index (χ0) is 15.5. The first kappa shape index (κ1) is 14.9. The van der Waals surface area contributed by atoms with Crippen LogP contribution in [0.2, 0.25) is 0 Å². The number of anilines is 1. The Morgan fingerprint density at radius 1 is 1.33 bits per heavy atom. The number of aromatic carboxylic acids is 1. The largest absolute Gasteiger partial charge is 0.478 e. The molecule has 0 atom stereocenters. The summed E-state index contributed by atoms with van der Waals surface area (Å²) in [6.07, 6.45) is 1.87. The van der Waals surface area contributed by atoms with Crippen LogP contribution in [-0.2, 0) is 16.4 Å². The summed E-state index contributed by atoms with van der Waals surface area (Å²) in [5.74, 6) is -1.12. The number of benzene rings is 1. The summed E-state index contributed by atoms with van der Waals surface area (Å²) in [4.78, 5) is 10.9. The van der Waals surface area contributed by atoms with Crippen molar-refractivity contribution in [3.05, 3.63) is 47.7 Å². The van der Waals surface area contributed by atoms with Crippen LogP contribution in [0.3, 0.4) is 0 Å². The van der Waals surface area contributed by atoms with Gasteiger partial charge in [0.25, 0.3) is 10.0 Å². The lowest BCUT2D eigenvalue weighted by atomic mass is 10.1. The molecule has 1 heterocycles. The number of sulfonamides is 1. The maximum atomic E-state index is 12.4. The lowest BCUT2D eigenvalue weighted by Crippen LogP contribution is -2.17. The van der Waals surface area contributed by atoms with Crippen LogP contribution in [0.5, 0.6) is 0 Å². The normalized spacial score (nSPS) is 11.1. The number of nitrogens with one attached hydrogen (secondary N) is 1. The standard InChI is InChI=1S/C13H13N3O4S/c1-2-9-5-6-10(13(17)18)8-11(9)21(19,20)16-12-4-3-7-14-15-12/h3-8H,2H2,1H3,(H,15,16)(H,17,18). The van der Waals surface area contributed by atoms with Crippen molar-refractivity contribution in [1.82, 2.24) is 10.2 Å². The zero-order valence-corrected chi connectivity index (χ0v) is 12.0. The van der Waals surface area contributed by atoms with E-state index < -0.39 is 16.0 Å². The molecule has 2 N–H and O–H groups in total. The third-order valence-corrected chi connectivity index (χ3v) is 4.23. The molecule has 1 aromatic heterocycles. The molecule has 0 saturated heterocycles. The lowest BCUT2D eigenvalue weighted by Gasteiger charge is -2.11. The van der Waals surface area contributed by atoms with Crippen LogP contribution < -0.4 is 4.72 Å². The Labute approximate surface area is 121 Å². The molecule has 0 unspecified atom stereocenters. The van der Waals surface area contributed by atoms with E-state index in [1.165, 1.54) is 24.4 Å². The molecule has 2 rings (SSSR count). The molecule has 0 aliphatic rings. The molecule has 0 saturated carbocycles. The first-order valence-electron chi connectivity index (χ1n) is 6.11. The van der Waals surface area contributed by atoms with Gasteiger partial charge in [-0.15, -0.1) is 5.10 Å². The Kier molecular flexibility index (Phi) is 4.18. The molecule has 0 fully saturated rings. The van der Waals surface area contributed by atoms with Crippen LogP contribution in [-0.4, -0.2) is 29.7 Å². The van der Waals surface area contributed by atoms with Crippen LogP contribution in [0.1, 0.15) is 22.8 Å². The zero-order valence-electron chi connectivity index (χ0n) is 11.1. The molecule has 0 radical (unpaired) electrons. The van der Waals surface area contributed by atoms with Crippen molar-refractivity contribution in [2.45, 2.75) is 18.2 Å². The molecule has 0 spiro atoms. The number of carboxylic acids is 1. The predicted octanol–water partition coefficient (Wildman–Crippen LogP) is 1.54. The Balaban J connectivity index is 2.48. The topological polar surface area (TPSA) is 109 Å². The van der Waals surface area contributed by atoms with Crippen LogP contribution in [0.25, 0.3) is 0 Å². The highest BCUT2D eigenvalue weighted by atomic mass is 32.2. The summed E-state index contributed by atoms with van der Waals surface area (Å²) in [6.45, 7) is 1.79. The number of hydrogen-bond donors (Lipinski definition) is 2. The molecule has 1 aromatic carbocycles. The van der Waals surface area contributed by atoms with Gasteiger partial charge in [0.2, 0.25) is 0 Å². The molecular weight excluding hydrogens is 294 g/mol. The smallest absolute Gasteiger partial charge is 0.335 e. The van der Waals surface area contributed by atoms with E-state index in [0.717, 1.165) is 6.07 Å². The van der Waals surface area contributed by atoms with E-state index in [1.807, 2.05) is 0 Å². The van der Waals surface area contributed by atoms with Crippen LogP contribution in [0.4, 0.5) is 5.82 Å². The maximum absolute atomic E-state index is 12.4. The Bertz CT molecular complexity index is 760. The number of rotatable bonds is 5. The van der Waals surface area contributed by atoms with Crippen LogP contribution in [0.15, 0.2) is 41.4 Å². The molecule has 21 heavy (non-hydrogen) atoms. The molecular formula is C13H13N3O4S. The number of carboxylic acid groups (broad SMARTS) is 1. The monoisotopic (exact) mass is 307 g/mol. The van der Waals surface area contributed by atoms with E-state index in [9.17, 15) is 13.2 Å². The average molecular weight is 307 g/mol. The molecule has 0 bridgehead atoms. The first-order chi connectivity index (χ1) is 9.94. The molecule has 7 nitrogen and oxygen atoms in total. The van der Waals surface area contributed by atoms with Crippen molar-refractivity contribution in [2.24, 2.45) is 0 Å². The van der Waals surface area contributed by atoms with E-state index in [4.69, 9.17) is 5.11 Å². The third kappa shape index (κ3) is 3.34. The summed E-state index contributed by atoms with van der Waals surface area (Å²) in [5, 5.41) is 16.2. The summed E-state index contributed by atoms with van der Waals surface area (Å²) in [6, 6.07) is 7.01. The number of aryl methyl sites for hydroxylation is 1. The van der Waals surface area contributed by atoms with Crippen LogP contribution >= 0.6 is 0 Å². The second-order valence-corrected chi connectivity index (χ2v) is 5.85. The SMILES string of the molecule is CCc1ccc(C(=O)O)cc1S(=O)(=O)Nc1cccnn1. The van der Waals surface area contributed by atoms with Crippen molar-refractivity contribution < 1.29 is 18.3 Å². The molecule has 110 valence electrons. The highest BCUT2D eigenvalue weighted by molar-refractivity contribution is 7.92. The Morgan fingerprint density at radius 3 is 2.67 bits per heavy atom. The van der Waals surface area contributed by atoms with Gasteiger partial charge in [-0.3, -0.25) is 4.72 Å². The molecule has 8 heteroatoms. The van der Waals surface area contributed by atoms with E-state index in [2.05, 4.69) is 14.9 Å². The number of carbonyl (C=O) groups is 1. The number of aromatic nitrogens is 2. The van der Waals surface area contributed by atoms with Gasteiger partial charge in [0.05, 0.1) is 10.5 Å². The minimum Gasteiger partial charge on any atom is -0.478 e. The molecule has 0 aliphatic carbocycles. The Morgan fingerprint density at radius 2 is 2.10 bits per heavy atom. The van der Waals surface area contributed by atoms with Crippen molar-refractivity contribution >= 4 is 21.8 Å². The van der Waals surface area contributed by atoms with Gasteiger partial charge in [-0.2, -0.15) is 5.10 Å². The summed E-state index contributed by atoms with van der Waals surface area (Å²) in [5.41, 5.74) is 0.433. The van der Waals surface area contributed by atoms with Crippen molar-refractivity contribution in [3.8, 4) is 0 Å². The number of nitrogens with zero attached hydrogens (tertiary/aromatic N) is 2. The van der Waals surface area contributed by atoms with E-state index in [-0.39, 0.29) is 16.3 Å². The minimum absolute atomic E-state index is 0.0697.